The molecule has 0 aromatic heterocycles. The van der Waals surface area contributed by atoms with E-state index in [1.165, 1.54) is 128 Å². The number of carbonyl (C=O) groups is 2. The smallest absolute Gasteiger partial charge is 0.306 e. The predicted octanol–water partition coefficient (Wildman–Crippen LogP) is 13.6. The zero-order valence-electron chi connectivity index (χ0n) is 33.2. The summed E-state index contributed by atoms with van der Waals surface area (Å²) in [6.07, 6.45) is 50.7. The zero-order chi connectivity index (χ0) is 36.4. The van der Waals surface area contributed by atoms with Crippen molar-refractivity contribution in [2.75, 3.05) is 13.2 Å². The normalized spacial score (nSPS) is 12.5. The average molecular weight is 703 g/mol. The number of allylic oxidation sites excluding steroid dienone is 6. The van der Waals surface area contributed by atoms with Crippen LogP contribution in [0.4, 0.5) is 0 Å². The summed E-state index contributed by atoms with van der Waals surface area (Å²) >= 11 is 0. The zero-order valence-corrected chi connectivity index (χ0v) is 33.2. The van der Waals surface area contributed by atoms with Crippen LogP contribution in [0.25, 0.3) is 0 Å². The lowest BCUT2D eigenvalue weighted by molar-refractivity contribution is -0.161. The van der Waals surface area contributed by atoms with Gasteiger partial charge in [0.05, 0.1) is 6.61 Å². The Morgan fingerprint density at radius 1 is 0.460 bits per heavy atom. The fourth-order valence-electron chi connectivity index (χ4n) is 6.15. The summed E-state index contributed by atoms with van der Waals surface area (Å²) in [6.45, 7) is 4.11. The summed E-state index contributed by atoms with van der Waals surface area (Å²) < 4.78 is 10.6. The van der Waals surface area contributed by atoms with Gasteiger partial charge in [-0.05, 0) is 51.4 Å². The van der Waals surface area contributed by atoms with Crippen molar-refractivity contribution in [2.24, 2.45) is 0 Å². The fraction of sp³-hybridized carbons (Fsp3) is 0.822. The summed E-state index contributed by atoms with van der Waals surface area (Å²) in [6, 6.07) is 0. The lowest BCUT2D eigenvalue weighted by Gasteiger charge is -2.15. The summed E-state index contributed by atoms with van der Waals surface area (Å²) in [5.74, 6) is -0.608. The molecular formula is C45H82O5. The van der Waals surface area contributed by atoms with Gasteiger partial charge in [0, 0.05) is 12.8 Å². The molecule has 0 aliphatic heterocycles. The highest BCUT2D eigenvalue weighted by Crippen LogP contribution is 2.15. The third-order valence-electron chi connectivity index (χ3n) is 9.44. The van der Waals surface area contributed by atoms with Crippen molar-refractivity contribution in [1.82, 2.24) is 0 Å². The number of hydrogen-bond donors (Lipinski definition) is 1. The van der Waals surface area contributed by atoms with Gasteiger partial charge in [0.1, 0.15) is 6.61 Å². The number of ether oxygens (including phenoxy) is 2. The maximum atomic E-state index is 12.2. The maximum absolute atomic E-state index is 12.2. The molecule has 0 aliphatic rings. The molecule has 1 N–H and O–H groups in total. The summed E-state index contributed by atoms with van der Waals surface area (Å²) in [7, 11) is 0. The van der Waals surface area contributed by atoms with Gasteiger partial charge in [-0.25, -0.2) is 0 Å². The number of carbonyl (C=O) groups excluding carboxylic acids is 2. The molecule has 0 saturated heterocycles. The highest BCUT2D eigenvalue weighted by molar-refractivity contribution is 5.70. The molecule has 0 fully saturated rings. The second-order valence-electron chi connectivity index (χ2n) is 14.4. The van der Waals surface area contributed by atoms with Gasteiger partial charge in [-0.3, -0.25) is 9.59 Å². The number of hydrogen-bond acceptors (Lipinski definition) is 5. The molecule has 5 nitrogen and oxygen atoms in total. The molecule has 50 heavy (non-hydrogen) atoms. The molecule has 1 atom stereocenters. The molecule has 0 spiro atoms. The first-order valence-corrected chi connectivity index (χ1v) is 21.5. The van der Waals surface area contributed by atoms with E-state index in [9.17, 15) is 14.7 Å². The van der Waals surface area contributed by atoms with Gasteiger partial charge >= 0.3 is 11.9 Å². The number of unbranched alkanes of at least 4 members (excludes halogenated alkanes) is 25. The van der Waals surface area contributed by atoms with Gasteiger partial charge in [-0.1, -0.05) is 192 Å². The third kappa shape index (κ3) is 38.9. The van der Waals surface area contributed by atoms with Crippen LogP contribution in [0.5, 0.6) is 0 Å². The van der Waals surface area contributed by atoms with Crippen LogP contribution < -0.4 is 0 Å². The minimum absolute atomic E-state index is 0.0720. The number of aliphatic hydroxyl groups is 1. The molecule has 0 bridgehead atoms. The second-order valence-corrected chi connectivity index (χ2v) is 14.4. The molecule has 0 unspecified atom stereocenters. The Morgan fingerprint density at radius 3 is 1.24 bits per heavy atom. The van der Waals surface area contributed by atoms with Crippen molar-refractivity contribution in [3.05, 3.63) is 36.5 Å². The molecule has 0 radical (unpaired) electrons. The Labute approximate surface area is 310 Å². The van der Waals surface area contributed by atoms with E-state index in [1.54, 1.807) is 0 Å². The highest BCUT2D eigenvalue weighted by Gasteiger charge is 2.16. The van der Waals surface area contributed by atoms with Crippen molar-refractivity contribution < 1.29 is 24.2 Å². The summed E-state index contributed by atoms with van der Waals surface area (Å²) in [5.41, 5.74) is 0. The van der Waals surface area contributed by atoms with Crippen molar-refractivity contribution >= 4 is 11.9 Å². The van der Waals surface area contributed by atoms with E-state index >= 15 is 0 Å². The lowest BCUT2D eigenvalue weighted by atomic mass is 10.0. The van der Waals surface area contributed by atoms with Gasteiger partial charge < -0.3 is 14.6 Å². The molecule has 0 rings (SSSR count). The molecular weight excluding hydrogens is 620 g/mol. The molecule has 0 amide bonds. The topological polar surface area (TPSA) is 72.8 Å². The van der Waals surface area contributed by atoms with Crippen molar-refractivity contribution in [1.29, 1.82) is 0 Å². The third-order valence-corrected chi connectivity index (χ3v) is 9.44. The fourth-order valence-corrected chi connectivity index (χ4v) is 6.15. The molecule has 0 aromatic rings. The van der Waals surface area contributed by atoms with Crippen LogP contribution in [-0.2, 0) is 19.1 Å². The molecule has 0 aromatic carbocycles. The first kappa shape index (κ1) is 48.1. The Kier molecular flexibility index (Phi) is 40.0. The van der Waals surface area contributed by atoms with Crippen LogP contribution in [0.3, 0.4) is 0 Å². The van der Waals surface area contributed by atoms with E-state index in [2.05, 4.69) is 50.3 Å². The number of rotatable bonds is 39. The van der Waals surface area contributed by atoms with Crippen molar-refractivity contribution in [3.63, 3.8) is 0 Å². The maximum Gasteiger partial charge on any atom is 0.306 e. The van der Waals surface area contributed by atoms with E-state index in [0.29, 0.717) is 12.8 Å². The van der Waals surface area contributed by atoms with Crippen LogP contribution in [0.15, 0.2) is 36.5 Å². The van der Waals surface area contributed by atoms with E-state index in [0.717, 1.165) is 64.2 Å². The molecule has 0 aliphatic carbocycles. The Hall–Kier alpha value is -1.88. The van der Waals surface area contributed by atoms with Gasteiger partial charge in [0.15, 0.2) is 6.10 Å². The van der Waals surface area contributed by atoms with Crippen molar-refractivity contribution in [2.45, 2.75) is 225 Å². The van der Waals surface area contributed by atoms with Gasteiger partial charge in [-0.15, -0.1) is 0 Å². The van der Waals surface area contributed by atoms with Crippen molar-refractivity contribution in [3.8, 4) is 0 Å². The number of aliphatic hydroxyl groups excluding tert-OH is 1. The monoisotopic (exact) mass is 703 g/mol. The van der Waals surface area contributed by atoms with Gasteiger partial charge in [0.2, 0.25) is 0 Å². The predicted molar refractivity (Wildman–Crippen MR) is 214 cm³/mol. The molecule has 0 heterocycles. The largest absolute Gasteiger partial charge is 0.462 e. The van der Waals surface area contributed by atoms with Gasteiger partial charge in [-0.2, -0.15) is 0 Å². The highest BCUT2D eigenvalue weighted by atomic mass is 16.6. The Morgan fingerprint density at radius 2 is 0.800 bits per heavy atom. The first-order valence-electron chi connectivity index (χ1n) is 21.5. The van der Waals surface area contributed by atoms with Crippen LogP contribution in [0.2, 0.25) is 0 Å². The molecule has 5 heteroatoms. The quantitative estimate of drug-likeness (QED) is 0.0392. The summed E-state index contributed by atoms with van der Waals surface area (Å²) in [4.78, 5) is 24.3. The molecule has 292 valence electrons. The minimum atomic E-state index is -0.780. The van der Waals surface area contributed by atoms with Gasteiger partial charge in [0.25, 0.3) is 0 Å². The SMILES string of the molecule is CCCCC/C=C\C/C=C\C/C=C\CCCCCCC(=O)O[C@@H](CO)COC(=O)CCCCCCCCCCCCCCCCCCCCC. The van der Waals surface area contributed by atoms with Crippen LogP contribution in [0, 0.1) is 0 Å². The van der Waals surface area contributed by atoms with Crippen LogP contribution in [0.1, 0.15) is 219 Å². The minimum Gasteiger partial charge on any atom is -0.462 e. The Balaban J connectivity index is 3.55. The molecule has 0 saturated carbocycles. The number of esters is 2. The Bertz CT molecular complexity index is 801. The second kappa shape index (κ2) is 41.5. The standard InChI is InChI=1S/C45H82O5/c1-3-5-7-9-11-13-15-17-19-21-22-24-25-27-29-31-33-35-37-39-44(47)49-42-43(41-46)50-45(48)40-38-36-34-32-30-28-26-23-20-18-16-14-12-10-8-6-4-2/h12,14,18,20,26,28,43,46H,3-11,13,15-17,19,21-25,27,29-42H2,1-2H3/b14-12-,20-18-,28-26-/t43-/m0/s1. The first-order chi connectivity index (χ1) is 24.6. The summed E-state index contributed by atoms with van der Waals surface area (Å²) in [5, 5.41) is 9.57. The van der Waals surface area contributed by atoms with E-state index < -0.39 is 6.10 Å². The van der Waals surface area contributed by atoms with E-state index in [4.69, 9.17) is 9.47 Å². The average Bonchev–Trinajstić information content (AvgIpc) is 3.12. The van der Waals surface area contributed by atoms with Crippen LogP contribution >= 0.6 is 0 Å². The van der Waals surface area contributed by atoms with E-state index in [1.807, 2.05) is 0 Å². The van der Waals surface area contributed by atoms with Crippen LogP contribution in [-0.4, -0.2) is 36.4 Å². The van der Waals surface area contributed by atoms with E-state index in [-0.39, 0.29) is 25.2 Å². The lowest BCUT2D eigenvalue weighted by Crippen LogP contribution is -2.28.